The molecular formula is C16H19BrN4O4S2. The number of rotatable bonds is 5. The molecular weight excluding hydrogens is 456 g/mol. The molecule has 1 aliphatic heterocycles. The average Bonchev–Trinajstić information content (AvgIpc) is 3.33. The molecule has 0 saturated carbocycles. The number of halogens is 1. The molecule has 2 aromatic rings. The molecule has 2 N–H and O–H groups in total. The molecule has 3 heterocycles. The summed E-state index contributed by atoms with van der Waals surface area (Å²) in [6.45, 7) is 1.08. The maximum absolute atomic E-state index is 12.5. The molecule has 0 radical (unpaired) electrons. The summed E-state index contributed by atoms with van der Waals surface area (Å²) in [4.78, 5) is 24.7. The van der Waals surface area contributed by atoms with Crippen LogP contribution in [0.3, 0.4) is 0 Å². The van der Waals surface area contributed by atoms with E-state index < -0.39 is 21.8 Å². The van der Waals surface area contributed by atoms with Gasteiger partial charge in [-0.2, -0.15) is 4.31 Å². The van der Waals surface area contributed by atoms with Gasteiger partial charge in [0.25, 0.3) is 15.9 Å². The predicted octanol–water partition coefficient (Wildman–Crippen LogP) is 1.64. The lowest BCUT2D eigenvalue weighted by Gasteiger charge is -2.13. The Balaban J connectivity index is 1.56. The molecule has 0 unspecified atom stereocenters. The summed E-state index contributed by atoms with van der Waals surface area (Å²) in [6, 6.07) is 4.79. The molecule has 0 atom stereocenters. The largest absolute Gasteiger partial charge is 0.345 e. The van der Waals surface area contributed by atoms with Gasteiger partial charge < -0.3 is 4.57 Å². The fraction of sp³-hybridized carbons (Fsp3) is 0.375. The van der Waals surface area contributed by atoms with Crippen LogP contribution in [0.2, 0.25) is 0 Å². The van der Waals surface area contributed by atoms with Gasteiger partial charge in [0.05, 0.1) is 6.42 Å². The molecule has 3 rings (SSSR count). The Bertz CT molecular complexity index is 961. The molecule has 2 aromatic heterocycles. The molecule has 2 amide bonds. The Morgan fingerprint density at radius 3 is 2.56 bits per heavy atom. The van der Waals surface area contributed by atoms with Crippen LogP contribution in [0.5, 0.6) is 0 Å². The number of carbonyl (C=O) groups is 2. The number of carbonyl (C=O) groups excluding carboxylic acids is 2. The second-order valence-electron chi connectivity index (χ2n) is 6.17. The van der Waals surface area contributed by atoms with Crippen LogP contribution in [0.15, 0.2) is 33.1 Å². The third-order valence-electron chi connectivity index (χ3n) is 4.15. The van der Waals surface area contributed by atoms with Crippen molar-refractivity contribution in [3.05, 3.63) is 39.4 Å². The number of hydrazine groups is 1. The van der Waals surface area contributed by atoms with Crippen molar-refractivity contribution in [3.63, 3.8) is 0 Å². The molecule has 11 heteroatoms. The summed E-state index contributed by atoms with van der Waals surface area (Å²) in [5.74, 6) is -0.872. The van der Waals surface area contributed by atoms with Crippen molar-refractivity contribution in [2.45, 2.75) is 23.5 Å². The van der Waals surface area contributed by atoms with Crippen LogP contribution in [0.1, 0.15) is 28.2 Å². The molecule has 146 valence electrons. The Hall–Kier alpha value is -1.69. The van der Waals surface area contributed by atoms with Crippen LogP contribution in [0, 0.1) is 0 Å². The summed E-state index contributed by atoms with van der Waals surface area (Å²) in [7, 11) is -1.76. The van der Waals surface area contributed by atoms with E-state index in [0.717, 1.165) is 28.7 Å². The van der Waals surface area contributed by atoms with Gasteiger partial charge in [-0.15, -0.1) is 11.3 Å². The zero-order valence-electron chi connectivity index (χ0n) is 14.6. The van der Waals surface area contributed by atoms with Gasteiger partial charge >= 0.3 is 0 Å². The van der Waals surface area contributed by atoms with Crippen LogP contribution in [-0.2, 0) is 28.3 Å². The van der Waals surface area contributed by atoms with Gasteiger partial charge in [0.1, 0.15) is 9.90 Å². The van der Waals surface area contributed by atoms with Crippen molar-refractivity contribution in [3.8, 4) is 0 Å². The number of hydrogen-bond acceptors (Lipinski definition) is 5. The van der Waals surface area contributed by atoms with Crippen molar-refractivity contribution in [1.82, 2.24) is 19.7 Å². The first kappa shape index (κ1) is 20.1. The Labute approximate surface area is 169 Å². The second kappa shape index (κ2) is 8.13. The maximum atomic E-state index is 12.5. The molecule has 1 fully saturated rings. The van der Waals surface area contributed by atoms with E-state index in [-0.39, 0.29) is 10.6 Å². The highest BCUT2D eigenvalue weighted by molar-refractivity contribution is 9.10. The number of aromatic nitrogens is 1. The fourth-order valence-corrected chi connectivity index (χ4v) is 6.34. The first-order valence-electron chi connectivity index (χ1n) is 8.27. The SMILES string of the molecule is Cn1cc(Br)cc1C(=O)NNC(=O)Cc1ccc(S(=O)(=O)N2CCCC2)s1. The molecule has 8 nitrogen and oxygen atoms in total. The van der Waals surface area contributed by atoms with E-state index in [1.807, 2.05) is 0 Å². The third-order valence-corrected chi connectivity index (χ3v) is 8.04. The topological polar surface area (TPSA) is 101 Å². The predicted molar refractivity (Wildman–Crippen MR) is 105 cm³/mol. The van der Waals surface area contributed by atoms with Crippen LogP contribution in [-0.4, -0.2) is 42.2 Å². The van der Waals surface area contributed by atoms with E-state index in [1.54, 1.807) is 29.9 Å². The lowest BCUT2D eigenvalue weighted by Crippen LogP contribution is -2.42. The first-order chi connectivity index (χ1) is 12.8. The summed E-state index contributed by atoms with van der Waals surface area (Å²) >= 11 is 4.36. The van der Waals surface area contributed by atoms with Gasteiger partial charge in [-0.3, -0.25) is 20.4 Å². The molecule has 0 aromatic carbocycles. The quantitative estimate of drug-likeness (QED) is 0.643. The summed E-state index contributed by atoms with van der Waals surface area (Å²) in [5, 5.41) is 0. The van der Waals surface area contributed by atoms with Gasteiger partial charge in [0.15, 0.2) is 0 Å². The number of thiophene rings is 1. The minimum Gasteiger partial charge on any atom is -0.345 e. The number of hydrogen-bond donors (Lipinski definition) is 2. The second-order valence-corrected chi connectivity index (χ2v) is 10.4. The first-order valence-corrected chi connectivity index (χ1v) is 11.3. The smallest absolute Gasteiger partial charge is 0.286 e. The zero-order chi connectivity index (χ0) is 19.6. The third kappa shape index (κ3) is 4.60. The minimum absolute atomic E-state index is 0.0166. The fourth-order valence-electron chi connectivity index (χ4n) is 2.79. The number of nitrogens with one attached hydrogen (secondary N) is 2. The minimum atomic E-state index is -3.47. The van der Waals surface area contributed by atoms with E-state index in [2.05, 4.69) is 26.8 Å². The standard InChI is InChI=1S/C16H19BrN4O4S2/c1-20-10-11(17)8-13(20)16(23)19-18-14(22)9-12-4-5-15(26-12)27(24,25)21-6-2-3-7-21/h4-5,8,10H,2-3,6-7,9H2,1H3,(H,18,22)(H,19,23). The number of sulfonamides is 1. The lowest BCUT2D eigenvalue weighted by atomic mass is 10.3. The van der Waals surface area contributed by atoms with E-state index in [0.29, 0.717) is 23.7 Å². The normalized spacial score (nSPS) is 15.0. The van der Waals surface area contributed by atoms with Crippen LogP contribution in [0.25, 0.3) is 0 Å². The number of amides is 2. The summed E-state index contributed by atoms with van der Waals surface area (Å²) in [6.07, 6.45) is 3.45. The summed E-state index contributed by atoms with van der Waals surface area (Å²) in [5.41, 5.74) is 5.09. The van der Waals surface area contributed by atoms with Crippen molar-refractivity contribution < 1.29 is 18.0 Å². The Morgan fingerprint density at radius 2 is 1.93 bits per heavy atom. The molecule has 0 bridgehead atoms. The van der Waals surface area contributed by atoms with E-state index in [1.165, 1.54) is 10.4 Å². The van der Waals surface area contributed by atoms with Crippen molar-refractivity contribution in [1.29, 1.82) is 0 Å². The Morgan fingerprint density at radius 1 is 1.22 bits per heavy atom. The highest BCUT2D eigenvalue weighted by Gasteiger charge is 2.28. The maximum Gasteiger partial charge on any atom is 0.286 e. The van der Waals surface area contributed by atoms with E-state index in [4.69, 9.17) is 0 Å². The molecule has 0 aliphatic carbocycles. The van der Waals surface area contributed by atoms with Crippen molar-refractivity contribution in [2.75, 3.05) is 13.1 Å². The monoisotopic (exact) mass is 474 g/mol. The lowest BCUT2D eigenvalue weighted by molar-refractivity contribution is -0.121. The molecule has 1 aliphatic rings. The summed E-state index contributed by atoms with van der Waals surface area (Å²) < 4.78 is 29.1. The van der Waals surface area contributed by atoms with Crippen LogP contribution in [0.4, 0.5) is 0 Å². The average molecular weight is 475 g/mol. The molecule has 1 saturated heterocycles. The number of aryl methyl sites for hydroxylation is 1. The van der Waals surface area contributed by atoms with Gasteiger partial charge in [-0.25, -0.2) is 8.42 Å². The zero-order valence-corrected chi connectivity index (χ0v) is 17.8. The van der Waals surface area contributed by atoms with E-state index in [9.17, 15) is 18.0 Å². The number of nitrogens with zero attached hydrogens (tertiary/aromatic N) is 2. The molecule has 27 heavy (non-hydrogen) atoms. The van der Waals surface area contributed by atoms with Crippen molar-refractivity contribution >= 4 is 49.1 Å². The highest BCUT2D eigenvalue weighted by atomic mass is 79.9. The van der Waals surface area contributed by atoms with E-state index >= 15 is 0 Å². The van der Waals surface area contributed by atoms with Gasteiger partial charge in [-0.1, -0.05) is 0 Å². The van der Waals surface area contributed by atoms with Crippen LogP contribution >= 0.6 is 27.3 Å². The molecule has 0 spiro atoms. The van der Waals surface area contributed by atoms with Gasteiger partial charge in [0, 0.05) is 35.7 Å². The van der Waals surface area contributed by atoms with Crippen molar-refractivity contribution in [2.24, 2.45) is 7.05 Å². The Kier molecular flexibility index (Phi) is 6.04. The van der Waals surface area contributed by atoms with Gasteiger partial charge in [-0.05, 0) is 47.0 Å². The van der Waals surface area contributed by atoms with Crippen LogP contribution < -0.4 is 10.9 Å². The van der Waals surface area contributed by atoms with Gasteiger partial charge in [0.2, 0.25) is 5.91 Å². The highest BCUT2D eigenvalue weighted by Crippen LogP contribution is 2.27.